The summed E-state index contributed by atoms with van der Waals surface area (Å²) in [6.45, 7) is 2.53. The highest BCUT2D eigenvalue weighted by molar-refractivity contribution is 5.96. The van der Waals surface area contributed by atoms with Gasteiger partial charge in [0.2, 0.25) is 5.91 Å². The molecule has 0 atom stereocenters. The predicted molar refractivity (Wildman–Crippen MR) is 67.6 cm³/mol. The van der Waals surface area contributed by atoms with Crippen molar-refractivity contribution in [2.24, 2.45) is 11.1 Å². The van der Waals surface area contributed by atoms with E-state index >= 15 is 0 Å². The average molecular weight is 241 g/mol. The van der Waals surface area contributed by atoms with Gasteiger partial charge in [-0.05, 0) is 30.5 Å². The van der Waals surface area contributed by atoms with Gasteiger partial charge in [-0.3, -0.25) is 4.79 Å². The van der Waals surface area contributed by atoms with Crippen molar-refractivity contribution in [2.75, 3.05) is 5.32 Å². The standard InChI is InChI=1S/C12H16N2O.ClH/c1-12(6-7-12)11(15)14-10-4-2-9(8-13)3-5-10;/h2-5H,6-8,13H2,1H3,(H,14,15);1H. The number of carbonyl (C=O) groups is 1. The smallest absolute Gasteiger partial charge is 0.230 e. The number of anilines is 1. The van der Waals surface area contributed by atoms with E-state index in [0.717, 1.165) is 24.1 Å². The van der Waals surface area contributed by atoms with Gasteiger partial charge in [0.15, 0.2) is 0 Å². The minimum Gasteiger partial charge on any atom is -0.326 e. The van der Waals surface area contributed by atoms with Crippen LogP contribution >= 0.6 is 12.4 Å². The minimum absolute atomic E-state index is 0. The summed E-state index contributed by atoms with van der Waals surface area (Å²) < 4.78 is 0. The molecule has 1 fully saturated rings. The van der Waals surface area contributed by atoms with Gasteiger partial charge in [-0.25, -0.2) is 0 Å². The summed E-state index contributed by atoms with van der Waals surface area (Å²) in [6, 6.07) is 7.66. The predicted octanol–water partition coefficient (Wildman–Crippen LogP) is 2.31. The van der Waals surface area contributed by atoms with Gasteiger partial charge in [-0.1, -0.05) is 19.1 Å². The van der Waals surface area contributed by atoms with Crippen LogP contribution in [-0.2, 0) is 11.3 Å². The lowest BCUT2D eigenvalue weighted by molar-refractivity contribution is -0.120. The van der Waals surface area contributed by atoms with Gasteiger partial charge in [-0.2, -0.15) is 0 Å². The second kappa shape index (κ2) is 4.85. The van der Waals surface area contributed by atoms with Crippen LogP contribution in [-0.4, -0.2) is 5.91 Å². The Morgan fingerprint density at radius 1 is 1.38 bits per heavy atom. The molecule has 1 amide bonds. The fourth-order valence-corrected chi connectivity index (χ4v) is 1.42. The van der Waals surface area contributed by atoms with Crippen molar-refractivity contribution in [3.63, 3.8) is 0 Å². The van der Waals surface area contributed by atoms with E-state index in [0.29, 0.717) is 6.54 Å². The topological polar surface area (TPSA) is 55.1 Å². The number of nitrogens with two attached hydrogens (primary N) is 1. The first-order chi connectivity index (χ1) is 7.14. The molecule has 3 nitrogen and oxygen atoms in total. The molecule has 1 aliphatic rings. The highest BCUT2D eigenvalue weighted by atomic mass is 35.5. The van der Waals surface area contributed by atoms with Crippen molar-refractivity contribution in [3.05, 3.63) is 29.8 Å². The van der Waals surface area contributed by atoms with Gasteiger partial charge in [0, 0.05) is 17.6 Å². The first kappa shape index (κ1) is 13.0. The van der Waals surface area contributed by atoms with Gasteiger partial charge in [0.05, 0.1) is 0 Å². The van der Waals surface area contributed by atoms with E-state index < -0.39 is 0 Å². The summed E-state index contributed by atoms with van der Waals surface area (Å²) in [4.78, 5) is 11.7. The summed E-state index contributed by atoms with van der Waals surface area (Å²) in [5.41, 5.74) is 7.30. The second-order valence-electron chi connectivity index (χ2n) is 4.42. The molecule has 0 aromatic heterocycles. The number of halogens is 1. The second-order valence-corrected chi connectivity index (χ2v) is 4.42. The molecule has 0 bridgehead atoms. The number of benzene rings is 1. The Balaban J connectivity index is 0.00000128. The van der Waals surface area contributed by atoms with Crippen LogP contribution in [0.4, 0.5) is 5.69 Å². The highest BCUT2D eigenvalue weighted by Crippen LogP contribution is 2.45. The molecule has 16 heavy (non-hydrogen) atoms. The number of amides is 1. The fourth-order valence-electron chi connectivity index (χ4n) is 1.42. The van der Waals surface area contributed by atoms with E-state index in [-0.39, 0.29) is 23.7 Å². The van der Waals surface area contributed by atoms with Crippen molar-refractivity contribution in [2.45, 2.75) is 26.3 Å². The van der Waals surface area contributed by atoms with E-state index in [1.807, 2.05) is 31.2 Å². The lowest BCUT2D eigenvalue weighted by atomic mass is 10.1. The maximum absolute atomic E-state index is 11.7. The molecular formula is C12H17ClN2O. The average Bonchev–Trinajstić information content (AvgIpc) is 2.99. The summed E-state index contributed by atoms with van der Waals surface area (Å²) in [5.74, 6) is 0.128. The highest BCUT2D eigenvalue weighted by Gasteiger charge is 2.44. The largest absolute Gasteiger partial charge is 0.326 e. The van der Waals surface area contributed by atoms with Crippen molar-refractivity contribution >= 4 is 24.0 Å². The van der Waals surface area contributed by atoms with Crippen LogP contribution in [0.1, 0.15) is 25.3 Å². The Bertz CT molecular complexity index is 371. The fraction of sp³-hybridized carbons (Fsp3) is 0.417. The van der Waals surface area contributed by atoms with Crippen LogP contribution in [0, 0.1) is 5.41 Å². The Kier molecular flexibility index (Phi) is 3.94. The minimum atomic E-state index is -0.119. The zero-order valence-electron chi connectivity index (χ0n) is 9.32. The quantitative estimate of drug-likeness (QED) is 0.852. The normalized spacial score (nSPS) is 16.1. The number of hydrogen-bond acceptors (Lipinski definition) is 2. The number of carbonyl (C=O) groups excluding carboxylic acids is 1. The van der Waals surface area contributed by atoms with Crippen molar-refractivity contribution in [3.8, 4) is 0 Å². The van der Waals surface area contributed by atoms with Crippen LogP contribution in [0.2, 0.25) is 0 Å². The van der Waals surface area contributed by atoms with E-state index in [2.05, 4.69) is 5.32 Å². The van der Waals surface area contributed by atoms with Gasteiger partial charge in [-0.15, -0.1) is 12.4 Å². The molecule has 2 rings (SSSR count). The summed E-state index contributed by atoms with van der Waals surface area (Å²) in [5, 5.41) is 2.92. The summed E-state index contributed by atoms with van der Waals surface area (Å²) >= 11 is 0. The maximum Gasteiger partial charge on any atom is 0.230 e. The molecule has 4 heteroatoms. The number of hydrogen-bond donors (Lipinski definition) is 2. The molecule has 0 saturated heterocycles. The lowest BCUT2D eigenvalue weighted by Crippen LogP contribution is -2.21. The number of nitrogens with one attached hydrogen (secondary N) is 1. The summed E-state index contributed by atoms with van der Waals surface area (Å²) in [7, 11) is 0. The Morgan fingerprint density at radius 2 is 1.94 bits per heavy atom. The molecule has 0 aliphatic heterocycles. The third-order valence-electron chi connectivity index (χ3n) is 3.00. The van der Waals surface area contributed by atoms with Crippen molar-refractivity contribution in [1.82, 2.24) is 0 Å². The first-order valence-corrected chi connectivity index (χ1v) is 5.24. The molecule has 0 spiro atoms. The van der Waals surface area contributed by atoms with Crippen LogP contribution < -0.4 is 11.1 Å². The third-order valence-corrected chi connectivity index (χ3v) is 3.00. The van der Waals surface area contributed by atoms with Crippen molar-refractivity contribution in [1.29, 1.82) is 0 Å². The molecule has 1 saturated carbocycles. The van der Waals surface area contributed by atoms with Gasteiger partial charge in [0.1, 0.15) is 0 Å². The van der Waals surface area contributed by atoms with Crippen LogP contribution in [0.5, 0.6) is 0 Å². The zero-order chi connectivity index (χ0) is 10.9. The van der Waals surface area contributed by atoms with Crippen LogP contribution in [0.15, 0.2) is 24.3 Å². The molecule has 3 N–H and O–H groups in total. The lowest BCUT2D eigenvalue weighted by Gasteiger charge is -2.10. The number of rotatable bonds is 3. The van der Waals surface area contributed by atoms with Gasteiger partial charge >= 0.3 is 0 Å². The molecule has 0 radical (unpaired) electrons. The van der Waals surface area contributed by atoms with E-state index in [4.69, 9.17) is 5.73 Å². The SMILES string of the molecule is CC1(C(=O)Nc2ccc(CN)cc2)CC1.Cl. The van der Waals surface area contributed by atoms with Crippen LogP contribution in [0.3, 0.4) is 0 Å². The molecule has 0 unspecified atom stereocenters. The van der Waals surface area contributed by atoms with Gasteiger partial charge < -0.3 is 11.1 Å². The zero-order valence-corrected chi connectivity index (χ0v) is 10.1. The third kappa shape index (κ3) is 2.74. The molecule has 0 heterocycles. The van der Waals surface area contributed by atoms with Gasteiger partial charge in [0.25, 0.3) is 0 Å². The maximum atomic E-state index is 11.7. The first-order valence-electron chi connectivity index (χ1n) is 5.24. The Hall–Kier alpha value is -1.06. The monoisotopic (exact) mass is 240 g/mol. The van der Waals surface area contributed by atoms with E-state index in [9.17, 15) is 4.79 Å². The van der Waals surface area contributed by atoms with Crippen LogP contribution in [0.25, 0.3) is 0 Å². The molecule has 1 aromatic carbocycles. The van der Waals surface area contributed by atoms with E-state index in [1.54, 1.807) is 0 Å². The molecular weight excluding hydrogens is 224 g/mol. The molecule has 88 valence electrons. The Labute approximate surface area is 102 Å². The Morgan fingerprint density at radius 3 is 2.38 bits per heavy atom. The van der Waals surface area contributed by atoms with Crippen molar-refractivity contribution < 1.29 is 4.79 Å². The van der Waals surface area contributed by atoms with E-state index in [1.165, 1.54) is 0 Å². The molecule has 1 aromatic rings. The molecule has 1 aliphatic carbocycles. The summed E-state index contributed by atoms with van der Waals surface area (Å²) in [6.07, 6.45) is 2.00.